The molecule has 0 amide bonds. The number of nitrogens with zero attached hydrogens (tertiary/aromatic N) is 2. The van der Waals surface area contributed by atoms with E-state index in [4.69, 9.17) is 10.2 Å². The molecular weight excluding hydrogens is 288 g/mol. The lowest BCUT2D eigenvalue weighted by Gasteiger charge is -2.19. The lowest BCUT2D eigenvalue weighted by atomic mass is 9.86. The molecule has 2 unspecified atom stereocenters. The van der Waals surface area contributed by atoms with Crippen LogP contribution in [0.15, 0.2) is 50.8 Å². The molecule has 0 saturated heterocycles. The Labute approximate surface area is 137 Å². The SMILES string of the molecule is CN=CC1=C(N)CCC(Nc2ncc(C3CC=CC(C)C3)o2)=C1. The molecule has 1 aromatic heterocycles. The van der Waals surface area contributed by atoms with Crippen LogP contribution in [0.4, 0.5) is 6.01 Å². The van der Waals surface area contributed by atoms with Crippen LogP contribution in [0, 0.1) is 5.92 Å². The minimum absolute atomic E-state index is 0.428. The van der Waals surface area contributed by atoms with Crippen molar-refractivity contribution in [2.24, 2.45) is 16.6 Å². The van der Waals surface area contributed by atoms with E-state index in [1.165, 1.54) is 0 Å². The second-order valence-corrected chi connectivity index (χ2v) is 6.30. The van der Waals surface area contributed by atoms with Crippen LogP contribution in [0.3, 0.4) is 0 Å². The first kappa shape index (κ1) is 15.6. The van der Waals surface area contributed by atoms with Gasteiger partial charge in [0.1, 0.15) is 5.76 Å². The minimum atomic E-state index is 0.428. The standard InChI is InChI=1S/C18H24N4O/c1-12-4-3-5-13(8-12)17-11-21-18(23-17)22-15-6-7-16(19)14(9-15)10-20-2/h3-4,9-13H,5-8,19H2,1-2H3,(H,21,22). The maximum Gasteiger partial charge on any atom is 0.299 e. The number of rotatable bonds is 4. The third kappa shape index (κ3) is 3.73. The smallest absolute Gasteiger partial charge is 0.299 e. The molecule has 2 aliphatic carbocycles. The second kappa shape index (κ2) is 6.86. The number of oxazole rings is 1. The Balaban J connectivity index is 1.70. The molecule has 5 nitrogen and oxygen atoms in total. The van der Waals surface area contributed by atoms with Crippen molar-refractivity contribution in [3.05, 3.63) is 47.2 Å². The zero-order valence-electron chi connectivity index (χ0n) is 13.7. The summed E-state index contributed by atoms with van der Waals surface area (Å²) in [5, 5.41) is 3.27. The van der Waals surface area contributed by atoms with Gasteiger partial charge in [0.15, 0.2) is 0 Å². The second-order valence-electron chi connectivity index (χ2n) is 6.30. The molecule has 0 saturated carbocycles. The highest BCUT2D eigenvalue weighted by atomic mass is 16.4. The summed E-state index contributed by atoms with van der Waals surface area (Å²) in [5.74, 6) is 1.99. The van der Waals surface area contributed by atoms with E-state index >= 15 is 0 Å². The number of anilines is 1. The van der Waals surface area contributed by atoms with Crippen molar-refractivity contribution in [2.45, 2.75) is 38.5 Å². The Morgan fingerprint density at radius 1 is 1.43 bits per heavy atom. The number of nitrogens with two attached hydrogens (primary N) is 1. The van der Waals surface area contributed by atoms with Crippen LogP contribution < -0.4 is 11.1 Å². The van der Waals surface area contributed by atoms with Gasteiger partial charge in [-0.25, -0.2) is 4.98 Å². The number of hydrogen-bond donors (Lipinski definition) is 2. The van der Waals surface area contributed by atoms with Crippen LogP contribution >= 0.6 is 0 Å². The first-order valence-corrected chi connectivity index (χ1v) is 8.16. The van der Waals surface area contributed by atoms with E-state index in [0.29, 0.717) is 17.9 Å². The molecule has 122 valence electrons. The average molecular weight is 312 g/mol. The van der Waals surface area contributed by atoms with Crippen LogP contribution in [0.25, 0.3) is 0 Å². The van der Waals surface area contributed by atoms with Crippen LogP contribution in [0.1, 0.15) is 44.3 Å². The van der Waals surface area contributed by atoms with Gasteiger partial charge in [0, 0.05) is 36.1 Å². The Hall–Kier alpha value is -2.30. The van der Waals surface area contributed by atoms with Gasteiger partial charge < -0.3 is 15.5 Å². The molecule has 1 aromatic rings. The summed E-state index contributed by atoms with van der Waals surface area (Å²) in [7, 11) is 1.75. The van der Waals surface area contributed by atoms with E-state index in [1.54, 1.807) is 13.3 Å². The van der Waals surface area contributed by atoms with Crippen LogP contribution in [0.2, 0.25) is 0 Å². The molecular formula is C18H24N4O. The summed E-state index contributed by atoms with van der Waals surface area (Å²) in [5.41, 5.74) is 8.89. The number of allylic oxidation sites excluding steroid dienone is 6. The molecule has 2 aliphatic rings. The van der Waals surface area contributed by atoms with Crippen LogP contribution in [-0.4, -0.2) is 18.2 Å². The average Bonchev–Trinajstić information content (AvgIpc) is 2.99. The van der Waals surface area contributed by atoms with Gasteiger partial charge in [0.05, 0.1) is 6.20 Å². The van der Waals surface area contributed by atoms with Crippen molar-refractivity contribution >= 4 is 12.2 Å². The molecule has 3 N–H and O–H groups in total. The van der Waals surface area contributed by atoms with E-state index in [0.717, 1.165) is 48.4 Å². The van der Waals surface area contributed by atoms with Crippen molar-refractivity contribution in [2.75, 3.05) is 12.4 Å². The van der Waals surface area contributed by atoms with Crippen LogP contribution in [0.5, 0.6) is 0 Å². The molecule has 0 aromatic carbocycles. The maximum absolute atomic E-state index is 6.01. The van der Waals surface area contributed by atoms with E-state index in [-0.39, 0.29) is 0 Å². The maximum atomic E-state index is 6.01. The lowest BCUT2D eigenvalue weighted by Crippen LogP contribution is -2.12. The summed E-state index contributed by atoms with van der Waals surface area (Å²) in [6, 6.07) is 0.557. The lowest BCUT2D eigenvalue weighted by molar-refractivity contribution is 0.418. The number of nitrogens with one attached hydrogen (secondary N) is 1. The van der Waals surface area contributed by atoms with Gasteiger partial charge >= 0.3 is 0 Å². The Morgan fingerprint density at radius 3 is 3.09 bits per heavy atom. The zero-order chi connectivity index (χ0) is 16.2. The molecule has 0 fully saturated rings. The van der Waals surface area contributed by atoms with Crippen molar-refractivity contribution in [3.8, 4) is 0 Å². The third-order valence-electron chi connectivity index (χ3n) is 4.37. The summed E-state index contributed by atoms with van der Waals surface area (Å²) in [6.45, 7) is 2.23. The molecule has 0 spiro atoms. The molecule has 23 heavy (non-hydrogen) atoms. The fraction of sp³-hybridized carbons (Fsp3) is 0.444. The van der Waals surface area contributed by atoms with E-state index in [9.17, 15) is 0 Å². The summed E-state index contributed by atoms with van der Waals surface area (Å²) >= 11 is 0. The number of aliphatic imine (C=N–C) groups is 1. The summed E-state index contributed by atoms with van der Waals surface area (Å²) in [6.07, 6.45) is 14.0. The molecule has 3 rings (SSSR count). The summed E-state index contributed by atoms with van der Waals surface area (Å²) < 4.78 is 5.92. The van der Waals surface area contributed by atoms with Crippen molar-refractivity contribution in [1.29, 1.82) is 0 Å². The number of aromatic nitrogens is 1. The topological polar surface area (TPSA) is 76.4 Å². The van der Waals surface area contributed by atoms with Gasteiger partial charge in [-0.15, -0.1) is 0 Å². The highest BCUT2D eigenvalue weighted by Crippen LogP contribution is 2.33. The third-order valence-corrected chi connectivity index (χ3v) is 4.37. The first-order valence-electron chi connectivity index (χ1n) is 8.16. The quantitative estimate of drug-likeness (QED) is 0.656. The Bertz CT molecular complexity index is 681. The zero-order valence-corrected chi connectivity index (χ0v) is 13.7. The molecule has 0 radical (unpaired) electrons. The summed E-state index contributed by atoms with van der Waals surface area (Å²) in [4.78, 5) is 8.42. The fourth-order valence-corrected chi connectivity index (χ4v) is 3.13. The van der Waals surface area contributed by atoms with Gasteiger partial charge in [-0.3, -0.25) is 4.99 Å². The van der Waals surface area contributed by atoms with Crippen molar-refractivity contribution in [3.63, 3.8) is 0 Å². The molecule has 1 heterocycles. The predicted octanol–water partition coefficient (Wildman–Crippen LogP) is 3.75. The molecule has 0 bridgehead atoms. The van der Waals surface area contributed by atoms with Crippen LogP contribution in [-0.2, 0) is 0 Å². The van der Waals surface area contributed by atoms with Gasteiger partial charge in [0.25, 0.3) is 6.01 Å². The Morgan fingerprint density at radius 2 is 2.30 bits per heavy atom. The van der Waals surface area contributed by atoms with Gasteiger partial charge in [-0.2, -0.15) is 0 Å². The minimum Gasteiger partial charge on any atom is -0.428 e. The molecule has 5 heteroatoms. The normalized spacial score (nSPS) is 25.0. The predicted molar refractivity (Wildman–Crippen MR) is 93.4 cm³/mol. The highest BCUT2D eigenvalue weighted by molar-refractivity contribution is 5.84. The van der Waals surface area contributed by atoms with Crippen molar-refractivity contribution < 1.29 is 4.42 Å². The first-order chi connectivity index (χ1) is 11.2. The fourth-order valence-electron chi connectivity index (χ4n) is 3.13. The van der Waals surface area contributed by atoms with Gasteiger partial charge in [-0.05, 0) is 37.7 Å². The highest BCUT2D eigenvalue weighted by Gasteiger charge is 2.21. The van der Waals surface area contributed by atoms with E-state index < -0.39 is 0 Å². The molecule has 0 aliphatic heterocycles. The molecule has 2 atom stereocenters. The van der Waals surface area contributed by atoms with E-state index in [2.05, 4.69) is 34.4 Å². The largest absolute Gasteiger partial charge is 0.428 e. The monoisotopic (exact) mass is 312 g/mol. The number of hydrogen-bond acceptors (Lipinski definition) is 5. The Kier molecular flexibility index (Phi) is 4.65. The van der Waals surface area contributed by atoms with Gasteiger partial charge in [0.2, 0.25) is 0 Å². The van der Waals surface area contributed by atoms with E-state index in [1.807, 2.05) is 12.3 Å². The van der Waals surface area contributed by atoms with Crippen molar-refractivity contribution in [1.82, 2.24) is 4.98 Å². The van der Waals surface area contributed by atoms with Gasteiger partial charge in [-0.1, -0.05) is 19.1 Å².